The summed E-state index contributed by atoms with van der Waals surface area (Å²) in [7, 11) is 2.13. The van der Waals surface area contributed by atoms with E-state index in [2.05, 4.69) is 46.6 Å². The Hall–Kier alpha value is -2.34. The molecule has 0 saturated heterocycles. The van der Waals surface area contributed by atoms with Crippen LogP contribution in [0.5, 0.6) is 0 Å². The lowest BCUT2D eigenvalue weighted by Crippen LogP contribution is -2.44. The van der Waals surface area contributed by atoms with Crippen LogP contribution in [0, 0.1) is 0 Å². The van der Waals surface area contributed by atoms with Gasteiger partial charge in [-0.05, 0) is 37.9 Å². The minimum Gasteiger partial charge on any atom is -0.337 e. The van der Waals surface area contributed by atoms with Gasteiger partial charge in [-0.2, -0.15) is 0 Å². The molecule has 0 radical (unpaired) electrons. The maximum atomic E-state index is 12.0. The fraction of sp³-hybridized carbons (Fsp3) is 0.474. The van der Waals surface area contributed by atoms with Gasteiger partial charge in [0.25, 0.3) is 0 Å². The average Bonchev–Trinajstić information content (AvgIpc) is 3.35. The third-order valence-corrected chi connectivity index (χ3v) is 4.74. The van der Waals surface area contributed by atoms with E-state index in [1.54, 1.807) is 12.5 Å². The summed E-state index contributed by atoms with van der Waals surface area (Å²) in [6.07, 6.45) is 8.08. The lowest BCUT2D eigenvalue weighted by atomic mass is 10.1. The number of hydrogen-bond acceptors (Lipinski definition) is 3. The van der Waals surface area contributed by atoms with Crippen molar-refractivity contribution in [2.45, 2.75) is 44.9 Å². The van der Waals surface area contributed by atoms with Crippen LogP contribution in [-0.2, 0) is 13.1 Å². The first-order chi connectivity index (χ1) is 12.1. The predicted molar refractivity (Wildman–Crippen MR) is 98.3 cm³/mol. The molecule has 1 aliphatic carbocycles. The van der Waals surface area contributed by atoms with E-state index in [1.165, 1.54) is 18.4 Å². The number of benzene rings is 1. The Labute approximate surface area is 149 Å². The monoisotopic (exact) mass is 341 g/mol. The van der Waals surface area contributed by atoms with E-state index in [1.807, 2.05) is 22.9 Å². The molecule has 0 spiro atoms. The number of aromatic nitrogens is 2. The molecule has 1 saturated carbocycles. The number of carbonyl (C=O) groups is 1. The van der Waals surface area contributed by atoms with Crippen molar-refractivity contribution in [1.29, 1.82) is 0 Å². The fourth-order valence-corrected chi connectivity index (χ4v) is 2.90. The Morgan fingerprint density at radius 3 is 2.88 bits per heavy atom. The quantitative estimate of drug-likeness (QED) is 0.774. The number of imidazole rings is 1. The van der Waals surface area contributed by atoms with Gasteiger partial charge in [0.2, 0.25) is 0 Å². The SMILES string of the molecule is CC(CNC(=O)NCc1cccc(Cn2ccnc2)c1)N(C)C1CC1. The maximum Gasteiger partial charge on any atom is 0.315 e. The van der Waals surface area contributed by atoms with Gasteiger partial charge in [0.05, 0.1) is 6.33 Å². The number of nitrogens with one attached hydrogen (secondary N) is 2. The standard InChI is InChI=1S/C19H27N5O/c1-15(23(2)18-6-7-18)11-21-19(25)22-12-16-4-3-5-17(10-16)13-24-9-8-20-14-24/h3-5,8-10,14-15,18H,6-7,11-13H2,1-2H3,(H2,21,22,25). The van der Waals surface area contributed by atoms with Crippen molar-refractivity contribution in [2.75, 3.05) is 13.6 Å². The zero-order chi connectivity index (χ0) is 17.6. The topological polar surface area (TPSA) is 62.2 Å². The van der Waals surface area contributed by atoms with Crippen molar-refractivity contribution >= 4 is 6.03 Å². The number of hydrogen-bond donors (Lipinski definition) is 2. The van der Waals surface area contributed by atoms with Crippen LogP contribution in [0.15, 0.2) is 43.0 Å². The van der Waals surface area contributed by atoms with Gasteiger partial charge in [0.1, 0.15) is 0 Å². The molecule has 1 aliphatic rings. The van der Waals surface area contributed by atoms with Gasteiger partial charge < -0.3 is 15.2 Å². The predicted octanol–water partition coefficient (Wildman–Crippen LogP) is 2.21. The van der Waals surface area contributed by atoms with Crippen LogP contribution in [-0.4, -0.2) is 46.2 Å². The second kappa shape index (κ2) is 8.16. The highest BCUT2D eigenvalue weighted by atomic mass is 16.2. The summed E-state index contributed by atoms with van der Waals surface area (Å²) in [5.41, 5.74) is 2.29. The van der Waals surface area contributed by atoms with Crippen molar-refractivity contribution in [1.82, 2.24) is 25.1 Å². The molecule has 2 N–H and O–H groups in total. The Bertz CT molecular complexity index is 681. The number of likely N-dealkylation sites (N-methyl/N-ethyl adjacent to an activating group) is 1. The van der Waals surface area contributed by atoms with Crippen molar-refractivity contribution in [3.05, 3.63) is 54.1 Å². The molecule has 2 amide bonds. The number of rotatable bonds is 8. The first-order valence-electron chi connectivity index (χ1n) is 8.89. The molecule has 0 bridgehead atoms. The third-order valence-electron chi connectivity index (χ3n) is 4.74. The molecule has 1 atom stereocenters. The number of amides is 2. The van der Waals surface area contributed by atoms with Gasteiger partial charge in [0, 0.05) is 44.1 Å². The van der Waals surface area contributed by atoms with Crippen LogP contribution in [0.3, 0.4) is 0 Å². The summed E-state index contributed by atoms with van der Waals surface area (Å²) in [6, 6.07) is 9.20. The van der Waals surface area contributed by atoms with Gasteiger partial charge in [-0.25, -0.2) is 9.78 Å². The highest BCUT2D eigenvalue weighted by Crippen LogP contribution is 2.26. The van der Waals surface area contributed by atoms with E-state index < -0.39 is 0 Å². The van der Waals surface area contributed by atoms with Crippen LogP contribution in [0.25, 0.3) is 0 Å². The second-order valence-electron chi connectivity index (χ2n) is 6.86. The summed E-state index contributed by atoms with van der Waals surface area (Å²) in [6.45, 7) is 4.12. The molecule has 1 unspecified atom stereocenters. The molecule has 1 aromatic carbocycles. The molecule has 1 aromatic heterocycles. The molecule has 134 valence electrons. The first kappa shape index (κ1) is 17.5. The molecule has 0 aliphatic heterocycles. The van der Waals surface area contributed by atoms with Crippen molar-refractivity contribution in [3.63, 3.8) is 0 Å². The summed E-state index contributed by atoms with van der Waals surface area (Å²) in [5.74, 6) is 0. The summed E-state index contributed by atoms with van der Waals surface area (Å²) in [5, 5.41) is 5.90. The van der Waals surface area contributed by atoms with E-state index >= 15 is 0 Å². The van der Waals surface area contributed by atoms with Gasteiger partial charge >= 0.3 is 6.03 Å². The highest BCUT2D eigenvalue weighted by Gasteiger charge is 2.29. The molecule has 3 rings (SSSR count). The normalized spacial score (nSPS) is 15.2. The Kier molecular flexibility index (Phi) is 5.71. The molecular formula is C19H27N5O. The minimum atomic E-state index is -0.115. The van der Waals surface area contributed by atoms with Crippen LogP contribution in [0.4, 0.5) is 4.79 Å². The average molecular weight is 341 g/mol. The van der Waals surface area contributed by atoms with E-state index in [4.69, 9.17) is 0 Å². The largest absolute Gasteiger partial charge is 0.337 e. The zero-order valence-corrected chi connectivity index (χ0v) is 15.0. The molecule has 25 heavy (non-hydrogen) atoms. The lowest BCUT2D eigenvalue weighted by Gasteiger charge is -2.24. The molecule has 1 heterocycles. The molecule has 6 nitrogen and oxygen atoms in total. The van der Waals surface area contributed by atoms with Gasteiger partial charge in [0.15, 0.2) is 0 Å². The van der Waals surface area contributed by atoms with Gasteiger partial charge in [-0.3, -0.25) is 4.90 Å². The summed E-state index contributed by atoms with van der Waals surface area (Å²) >= 11 is 0. The second-order valence-corrected chi connectivity index (χ2v) is 6.86. The number of urea groups is 1. The van der Waals surface area contributed by atoms with E-state index in [-0.39, 0.29) is 6.03 Å². The van der Waals surface area contributed by atoms with Crippen molar-refractivity contribution in [3.8, 4) is 0 Å². The zero-order valence-electron chi connectivity index (χ0n) is 15.0. The van der Waals surface area contributed by atoms with Crippen molar-refractivity contribution in [2.24, 2.45) is 0 Å². The first-order valence-corrected chi connectivity index (χ1v) is 8.89. The van der Waals surface area contributed by atoms with E-state index in [0.29, 0.717) is 25.2 Å². The third kappa shape index (κ3) is 5.32. The highest BCUT2D eigenvalue weighted by molar-refractivity contribution is 5.73. The Morgan fingerprint density at radius 1 is 1.36 bits per heavy atom. The molecule has 1 fully saturated rings. The van der Waals surface area contributed by atoms with E-state index in [0.717, 1.165) is 12.1 Å². The van der Waals surface area contributed by atoms with Gasteiger partial charge in [-0.1, -0.05) is 24.3 Å². The lowest BCUT2D eigenvalue weighted by molar-refractivity contribution is 0.222. The molecule has 2 aromatic rings. The van der Waals surface area contributed by atoms with Crippen LogP contribution < -0.4 is 10.6 Å². The van der Waals surface area contributed by atoms with Gasteiger partial charge in [-0.15, -0.1) is 0 Å². The molecule has 6 heteroatoms. The maximum absolute atomic E-state index is 12.0. The Morgan fingerprint density at radius 2 is 2.16 bits per heavy atom. The van der Waals surface area contributed by atoms with Crippen LogP contribution in [0.2, 0.25) is 0 Å². The smallest absolute Gasteiger partial charge is 0.315 e. The number of nitrogens with zero attached hydrogens (tertiary/aromatic N) is 3. The number of carbonyl (C=O) groups excluding carboxylic acids is 1. The summed E-state index contributed by atoms with van der Waals surface area (Å²) in [4.78, 5) is 18.4. The fourth-order valence-electron chi connectivity index (χ4n) is 2.90. The van der Waals surface area contributed by atoms with Crippen molar-refractivity contribution < 1.29 is 4.79 Å². The minimum absolute atomic E-state index is 0.115. The van der Waals surface area contributed by atoms with Crippen LogP contribution in [0.1, 0.15) is 30.9 Å². The molecular weight excluding hydrogens is 314 g/mol. The van der Waals surface area contributed by atoms with Crippen LogP contribution >= 0.6 is 0 Å². The summed E-state index contributed by atoms with van der Waals surface area (Å²) < 4.78 is 2.02. The van der Waals surface area contributed by atoms with E-state index in [9.17, 15) is 4.79 Å². The Balaban J connectivity index is 1.42.